The molecular weight excluding hydrogens is 352 g/mol. The molecule has 0 aromatic heterocycles. The Morgan fingerprint density at radius 2 is 1.64 bits per heavy atom. The third-order valence-electron chi connectivity index (χ3n) is 10.2. The molecule has 0 aromatic rings. The maximum Gasteiger partial charge on any atom is 0.303 e. The zero-order chi connectivity index (χ0) is 20.3. The molecule has 160 valence electrons. The van der Waals surface area contributed by atoms with Gasteiger partial charge in [-0.05, 0) is 104 Å². The molecule has 4 heteroatoms. The van der Waals surface area contributed by atoms with Crippen LogP contribution in [0.4, 0.5) is 0 Å². The van der Waals surface area contributed by atoms with Gasteiger partial charge in [0, 0.05) is 6.42 Å². The maximum absolute atomic E-state index is 11.1. The van der Waals surface area contributed by atoms with E-state index in [1.807, 2.05) is 0 Å². The second-order valence-electron chi connectivity index (χ2n) is 11.4. The minimum Gasteiger partial charge on any atom is -0.481 e. The molecule has 4 rings (SSSR count). The topological polar surface area (TPSA) is 77.8 Å². The number of carbonyl (C=O) groups is 1. The summed E-state index contributed by atoms with van der Waals surface area (Å²) in [5.41, 5.74) is 0.478. The lowest BCUT2D eigenvalue weighted by molar-refractivity contribution is -0.172. The molecular formula is C24H40O4. The highest BCUT2D eigenvalue weighted by Crippen LogP contribution is 2.68. The van der Waals surface area contributed by atoms with Crippen molar-refractivity contribution >= 4 is 5.97 Å². The summed E-state index contributed by atoms with van der Waals surface area (Å²) in [6, 6.07) is 0. The molecule has 0 spiro atoms. The van der Waals surface area contributed by atoms with Crippen LogP contribution in [0.5, 0.6) is 0 Å². The molecule has 0 radical (unpaired) electrons. The molecule has 4 aliphatic carbocycles. The van der Waals surface area contributed by atoms with E-state index in [1.165, 1.54) is 25.7 Å². The molecule has 28 heavy (non-hydrogen) atoms. The van der Waals surface area contributed by atoms with Crippen LogP contribution in [0, 0.1) is 46.3 Å². The number of hydrogen-bond acceptors (Lipinski definition) is 3. The predicted molar refractivity (Wildman–Crippen MR) is 109 cm³/mol. The van der Waals surface area contributed by atoms with Gasteiger partial charge in [-0.3, -0.25) is 4.79 Å². The standard InChI is InChI=1S/C24H40O4/c1-14(4-7-22(27)28)17-5-6-18-16-13-21(26)20-12-15(25)8-10-24(20,3)19(16)9-11-23(17,18)2/h14-21,25-26H,4-13H2,1-3H3,(H,27,28)/t14-,15+,16+,17-,18+,19+,20?,21?,23-,24-/m1/s1. The van der Waals surface area contributed by atoms with Crippen molar-refractivity contribution in [1.29, 1.82) is 0 Å². The Hall–Kier alpha value is -0.610. The van der Waals surface area contributed by atoms with Crippen LogP contribution < -0.4 is 0 Å². The molecule has 0 bridgehead atoms. The van der Waals surface area contributed by atoms with Gasteiger partial charge in [0.1, 0.15) is 0 Å². The number of carboxylic acid groups (broad SMARTS) is 1. The molecule has 0 amide bonds. The van der Waals surface area contributed by atoms with Crippen molar-refractivity contribution in [3.05, 3.63) is 0 Å². The fraction of sp³-hybridized carbons (Fsp3) is 0.958. The number of fused-ring (bicyclic) bond motifs is 5. The van der Waals surface area contributed by atoms with E-state index < -0.39 is 5.97 Å². The van der Waals surface area contributed by atoms with E-state index in [2.05, 4.69) is 20.8 Å². The summed E-state index contributed by atoms with van der Waals surface area (Å²) >= 11 is 0. The number of aliphatic hydroxyl groups is 2. The van der Waals surface area contributed by atoms with Crippen LogP contribution in [-0.2, 0) is 4.79 Å². The first-order valence-corrected chi connectivity index (χ1v) is 11.7. The number of carboxylic acids is 1. The minimum atomic E-state index is -0.677. The number of aliphatic carboxylic acids is 1. The van der Waals surface area contributed by atoms with Gasteiger partial charge in [-0.15, -0.1) is 0 Å². The van der Waals surface area contributed by atoms with E-state index >= 15 is 0 Å². The van der Waals surface area contributed by atoms with E-state index in [4.69, 9.17) is 5.11 Å². The second kappa shape index (κ2) is 7.27. The Balaban J connectivity index is 1.55. The van der Waals surface area contributed by atoms with Crippen molar-refractivity contribution in [3.63, 3.8) is 0 Å². The highest BCUT2D eigenvalue weighted by atomic mass is 16.4. The number of aliphatic hydroxyl groups excluding tert-OH is 2. The second-order valence-corrected chi connectivity index (χ2v) is 11.4. The summed E-state index contributed by atoms with van der Waals surface area (Å²) in [6.07, 6.45) is 9.16. The van der Waals surface area contributed by atoms with Crippen molar-refractivity contribution in [2.24, 2.45) is 46.3 Å². The Labute approximate surface area is 170 Å². The van der Waals surface area contributed by atoms with E-state index in [1.54, 1.807) is 0 Å². The minimum absolute atomic E-state index is 0.176. The largest absolute Gasteiger partial charge is 0.481 e. The lowest BCUT2D eigenvalue weighted by Gasteiger charge is -2.62. The molecule has 10 atom stereocenters. The summed E-state index contributed by atoms with van der Waals surface area (Å²) in [6.45, 7) is 7.16. The fourth-order valence-electron chi connectivity index (χ4n) is 8.81. The van der Waals surface area contributed by atoms with Gasteiger partial charge in [0.25, 0.3) is 0 Å². The summed E-state index contributed by atoms with van der Waals surface area (Å²) in [4.78, 5) is 11.1. The molecule has 4 aliphatic rings. The molecule has 4 nitrogen and oxygen atoms in total. The molecule has 3 N–H and O–H groups in total. The molecule has 0 heterocycles. The van der Waals surface area contributed by atoms with Gasteiger partial charge in [0.05, 0.1) is 12.2 Å². The van der Waals surface area contributed by atoms with E-state index in [0.29, 0.717) is 35.0 Å². The van der Waals surface area contributed by atoms with Crippen LogP contribution in [0.1, 0.15) is 85.0 Å². The number of rotatable bonds is 4. The SMILES string of the molecule is C[C@H](CCC(=O)O)[C@H]1CC[C@H]2[C@@H]3CC(O)C4C[C@@H](O)CC[C@]4(C)[C@H]3CC[C@]12C. The molecule has 4 fully saturated rings. The van der Waals surface area contributed by atoms with Crippen molar-refractivity contribution in [1.82, 2.24) is 0 Å². The molecule has 0 aromatic carbocycles. The molecule has 0 aliphatic heterocycles. The van der Waals surface area contributed by atoms with Gasteiger partial charge < -0.3 is 15.3 Å². The summed E-state index contributed by atoms with van der Waals surface area (Å²) in [5, 5.41) is 30.4. The highest BCUT2D eigenvalue weighted by Gasteiger charge is 2.62. The first-order valence-electron chi connectivity index (χ1n) is 11.7. The van der Waals surface area contributed by atoms with Crippen LogP contribution in [0.25, 0.3) is 0 Å². The Morgan fingerprint density at radius 1 is 0.964 bits per heavy atom. The Bertz CT molecular complexity index is 605. The zero-order valence-electron chi connectivity index (χ0n) is 17.9. The normalized spacial score (nSPS) is 51.7. The molecule has 4 saturated carbocycles. The molecule has 2 unspecified atom stereocenters. The van der Waals surface area contributed by atoms with Gasteiger partial charge in [0.2, 0.25) is 0 Å². The summed E-state index contributed by atoms with van der Waals surface area (Å²) in [5.74, 6) is 2.61. The Kier molecular flexibility index (Phi) is 5.36. The average Bonchev–Trinajstić information content (AvgIpc) is 2.99. The Morgan fingerprint density at radius 3 is 2.36 bits per heavy atom. The van der Waals surface area contributed by atoms with Crippen molar-refractivity contribution in [2.75, 3.05) is 0 Å². The van der Waals surface area contributed by atoms with Crippen LogP contribution in [0.2, 0.25) is 0 Å². The fourth-order valence-corrected chi connectivity index (χ4v) is 8.81. The maximum atomic E-state index is 11.1. The zero-order valence-corrected chi connectivity index (χ0v) is 17.9. The van der Waals surface area contributed by atoms with E-state index in [9.17, 15) is 15.0 Å². The quantitative estimate of drug-likeness (QED) is 0.659. The van der Waals surface area contributed by atoms with Gasteiger partial charge in [-0.1, -0.05) is 20.8 Å². The van der Waals surface area contributed by atoms with Crippen LogP contribution >= 0.6 is 0 Å². The predicted octanol–water partition coefficient (Wildman–Crippen LogP) is 4.48. The van der Waals surface area contributed by atoms with Gasteiger partial charge in [-0.25, -0.2) is 0 Å². The van der Waals surface area contributed by atoms with Crippen LogP contribution in [0.3, 0.4) is 0 Å². The third-order valence-corrected chi connectivity index (χ3v) is 10.2. The smallest absolute Gasteiger partial charge is 0.303 e. The highest BCUT2D eigenvalue weighted by molar-refractivity contribution is 5.66. The van der Waals surface area contributed by atoms with E-state index in [-0.39, 0.29) is 30.0 Å². The van der Waals surface area contributed by atoms with Gasteiger partial charge >= 0.3 is 5.97 Å². The van der Waals surface area contributed by atoms with Gasteiger partial charge in [0.15, 0.2) is 0 Å². The van der Waals surface area contributed by atoms with Gasteiger partial charge in [-0.2, -0.15) is 0 Å². The monoisotopic (exact) mass is 392 g/mol. The number of hydrogen-bond donors (Lipinski definition) is 3. The summed E-state index contributed by atoms with van der Waals surface area (Å²) in [7, 11) is 0. The lowest BCUT2D eigenvalue weighted by Crippen LogP contribution is -2.58. The van der Waals surface area contributed by atoms with Crippen LogP contribution in [0.15, 0.2) is 0 Å². The lowest BCUT2D eigenvalue weighted by atomic mass is 9.44. The van der Waals surface area contributed by atoms with E-state index in [0.717, 1.165) is 32.1 Å². The van der Waals surface area contributed by atoms with Crippen molar-refractivity contribution in [2.45, 2.75) is 97.2 Å². The van der Waals surface area contributed by atoms with Crippen LogP contribution in [-0.4, -0.2) is 33.5 Å². The molecule has 0 saturated heterocycles. The average molecular weight is 393 g/mol. The summed E-state index contributed by atoms with van der Waals surface area (Å²) < 4.78 is 0. The van der Waals surface area contributed by atoms with Crippen molar-refractivity contribution < 1.29 is 20.1 Å². The third kappa shape index (κ3) is 3.14. The van der Waals surface area contributed by atoms with Crippen molar-refractivity contribution in [3.8, 4) is 0 Å². The first kappa shape index (κ1) is 20.7. The first-order chi connectivity index (χ1) is 13.2.